The van der Waals surface area contributed by atoms with E-state index < -0.39 is 0 Å². The Balaban J connectivity index is 1.24. The van der Waals surface area contributed by atoms with Gasteiger partial charge in [-0.15, -0.1) is 0 Å². The van der Waals surface area contributed by atoms with Crippen LogP contribution in [-0.2, 0) is 17.9 Å². The predicted octanol–water partition coefficient (Wildman–Crippen LogP) is 4.49. The lowest BCUT2D eigenvalue weighted by Gasteiger charge is -2.16. The van der Waals surface area contributed by atoms with Crippen LogP contribution < -0.4 is 9.47 Å². The molecule has 1 amide bonds. The molecule has 0 N–H and O–H groups in total. The number of aromatic nitrogens is 2. The Hall–Kier alpha value is -4.06. The van der Waals surface area contributed by atoms with Crippen LogP contribution in [0.5, 0.6) is 11.5 Å². The summed E-state index contributed by atoms with van der Waals surface area (Å²) in [4.78, 5) is 14.1. The van der Waals surface area contributed by atoms with Crippen molar-refractivity contribution in [1.82, 2.24) is 14.7 Å². The second-order valence-corrected chi connectivity index (χ2v) is 7.41. The summed E-state index contributed by atoms with van der Waals surface area (Å²) in [6.45, 7) is 0.931. The topological polar surface area (TPSA) is 56.6 Å². The number of hydrogen-bond acceptors (Lipinski definition) is 4. The molecule has 6 heteroatoms. The van der Waals surface area contributed by atoms with Gasteiger partial charge in [-0.2, -0.15) is 5.10 Å². The first-order valence-corrected chi connectivity index (χ1v) is 10.4. The monoisotopic (exact) mass is 427 g/mol. The van der Waals surface area contributed by atoms with E-state index in [1.165, 1.54) is 0 Å². The number of ether oxygens (including phenoxy) is 2. The Morgan fingerprint density at radius 3 is 2.16 bits per heavy atom. The first-order chi connectivity index (χ1) is 15.7. The lowest BCUT2D eigenvalue weighted by atomic mass is 10.2. The summed E-state index contributed by atoms with van der Waals surface area (Å²) in [6.07, 6.45) is 3.69. The van der Waals surface area contributed by atoms with E-state index in [9.17, 15) is 4.79 Å². The summed E-state index contributed by atoms with van der Waals surface area (Å²) in [5.74, 6) is 1.26. The molecule has 1 heterocycles. The van der Waals surface area contributed by atoms with Crippen LogP contribution in [0.15, 0.2) is 97.3 Å². The molecule has 0 atom stereocenters. The van der Waals surface area contributed by atoms with Gasteiger partial charge in [-0.25, -0.2) is 4.68 Å². The highest BCUT2D eigenvalue weighted by molar-refractivity contribution is 5.77. The largest absolute Gasteiger partial charge is 0.489 e. The van der Waals surface area contributed by atoms with Gasteiger partial charge in [-0.05, 0) is 42.0 Å². The van der Waals surface area contributed by atoms with Crippen LogP contribution in [0.3, 0.4) is 0 Å². The molecular formula is C26H25N3O3. The molecule has 1 aromatic heterocycles. The van der Waals surface area contributed by atoms with Gasteiger partial charge in [0.2, 0.25) is 0 Å². The van der Waals surface area contributed by atoms with E-state index in [0.717, 1.165) is 22.6 Å². The quantitative estimate of drug-likeness (QED) is 0.395. The number of benzene rings is 3. The summed E-state index contributed by atoms with van der Waals surface area (Å²) in [5.41, 5.74) is 3.03. The third-order valence-electron chi connectivity index (χ3n) is 4.94. The minimum atomic E-state index is -0.109. The molecule has 0 aliphatic carbocycles. The third kappa shape index (κ3) is 5.76. The van der Waals surface area contributed by atoms with E-state index in [1.54, 1.807) is 35.0 Å². The number of rotatable bonds is 9. The van der Waals surface area contributed by atoms with Crippen molar-refractivity contribution >= 4 is 5.91 Å². The molecule has 6 nitrogen and oxygen atoms in total. The first-order valence-electron chi connectivity index (χ1n) is 10.4. The Bertz CT molecular complexity index is 1130. The number of amides is 1. The fraction of sp³-hybridized carbons (Fsp3) is 0.154. The summed E-state index contributed by atoms with van der Waals surface area (Å²) >= 11 is 0. The number of hydrogen-bond donors (Lipinski definition) is 0. The molecule has 0 fully saturated rings. The summed E-state index contributed by atoms with van der Waals surface area (Å²) in [7, 11) is 1.76. The van der Waals surface area contributed by atoms with Crippen LogP contribution in [0.25, 0.3) is 5.69 Å². The molecule has 0 aliphatic rings. The third-order valence-corrected chi connectivity index (χ3v) is 4.94. The Morgan fingerprint density at radius 2 is 1.47 bits per heavy atom. The van der Waals surface area contributed by atoms with Crippen LogP contribution in [0, 0.1) is 0 Å². The second-order valence-electron chi connectivity index (χ2n) is 7.41. The van der Waals surface area contributed by atoms with E-state index in [-0.39, 0.29) is 12.5 Å². The van der Waals surface area contributed by atoms with Crippen LogP contribution in [0.2, 0.25) is 0 Å². The maximum Gasteiger partial charge on any atom is 0.260 e. The molecule has 0 spiro atoms. The van der Waals surface area contributed by atoms with Gasteiger partial charge < -0.3 is 14.4 Å². The zero-order chi connectivity index (χ0) is 22.2. The Labute approximate surface area is 187 Å². The van der Waals surface area contributed by atoms with Gasteiger partial charge in [0.1, 0.15) is 18.1 Å². The highest BCUT2D eigenvalue weighted by Crippen LogP contribution is 2.19. The molecule has 0 saturated heterocycles. The number of likely N-dealkylation sites (N-methyl/N-ethyl adjacent to an activating group) is 1. The number of para-hydroxylation sites is 1. The van der Waals surface area contributed by atoms with Crippen molar-refractivity contribution in [3.05, 3.63) is 108 Å². The van der Waals surface area contributed by atoms with Crippen molar-refractivity contribution in [1.29, 1.82) is 0 Å². The molecule has 4 rings (SSSR count). The maximum atomic E-state index is 12.5. The predicted molar refractivity (Wildman–Crippen MR) is 123 cm³/mol. The van der Waals surface area contributed by atoms with Gasteiger partial charge in [0, 0.05) is 25.4 Å². The summed E-state index contributed by atoms with van der Waals surface area (Å²) in [6, 6.07) is 27.1. The molecule has 3 aromatic carbocycles. The SMILES string of the molecule is CN(Cc1cnn(-c2ccccc2)c1)C(=O)COc1ccc(OCc2ccccc2)cc1. The molecule has 4 aromatic rings. The van der Waals surface area contributed by atoms with Crippen LogP contribution in [0.4, 0.5) is 0 Å². The van der Waals surface area contributed by atoms with Gasteiger partial charge in [0.05, 0.1) is 11.9 Å². The smallest absolute Gasteiger partial charge is 0.260 e. The standard InChI is InChI=1S/C26H25N3O3/c1-28(17-22-16-27-29(18-22)23-10-6-3-7-11-23)26(30)20-32-25-14-12-24(13-15-25)31-19-21-8-4-2-5-9-21/h2-16,18H,17,19-20H2,1H3. The molecule has 162 valence electrons. The van der Waals surface area contributed by atoms with E-state index in [2.05, 4.69) is 5.10 Å². The first kappa shape index (κ1) is 21.2. The number of carbonyl (C=O) groups is 1. The van der Waals surface area contributed by atoms with E-state index in [1.807, 2.05) is 79.0 Å². The summed E-state index contributed by atoms with van der Waals surface area (Å²) < 4.78 is 13.2. The molecule has 0 radical (unpaired) electrons. The zero-order valence-corrected chi connectivity index (χ0v) is 17.9. The Morgan fingerprint density at radius 1 is 0.844 bits per heavy atom. The average Bonchev–Trinajstić information content (AvgIpc) is 3.31. The average molecular weight is 428 g/mol. The Kier molecular flexibility index (Phi) is 6.82. The minimum Gasteiger partial charge on any atom is -0.489 e. The van der Waals surface area contributed by atoms with Crippen molar-refractivity contribution < 1.29 is 14.3 Å². The fourth-order valence-corrected chi connectivity index (χ4v) is 3.15. The fourth-order valence-electron chi connectivity index (χ4n) is 3.15. The van der Waals surface area contributed by atoms with Crippen LogP contribution >= 0.6 is 0 Å². The van der Waals surface area contributed by atoms with E-state index >= 15 is 0 Å². The van der Waals surface area contributed by atoms with Crippen molar-refractivity contribution in [3.8, 4) is 17.2 Å². The highest BCUT2D eigenvalue weighted by atomic mass is 16.5. The van der Waals surface area contributed by atoms with Gasteiger partial charge >= 0.3 is 0 Å². The van der Waals surface area contributed by atoms with E-state index in [0.29, 0.717) is 18.9 Å². The molecule has 32 heavy (non-hydrogen) atoms. The molecule has 0 aliphatic heterocycles. The number of nitrogens with zero attached hydrogens (tertiary/aromatic N) is 3. The molecule has 0 saturated carbocycles. The molecule has 0 bridgehead atoms. The van der Waals surface area contributed by atoms with Gasteiger partial charge in [-0.1, -0.05) is 48.5 Å². The summed E-state index contributed by atoms with van der Waals surface area (Å²) in [5, 5.41) is 4.37. The van der Waals surface area contributed by atoms with Crippen LogP contribution in [-0.4, -0.2) is 34.2 Å². The minimum absolute atomic E-state index is 0.0342. The van der Waals surface area contributed by atoms with Crippen molar-refractivity contribution in [3.63, 3.8) is 0 Å². The zero-order valence-electron chi connectivity index (χ0n) is 17.9. The second kappa shape index (κ2) is 10.3. The maximum absolute atomic E-state index is 12.5. The lowest BCUT2D eigenvalue weighted by Crippen LogP contribution is -2.30. The lowest BCUT2D eigenvalue weighted by molar-refractivity contribution is -0.132. The molecule has 0 unspecified atom stereocenters. The number of carbonyl (C=O) groups excluding carboxylic acids is 1. The van der Waals surface area contributed by atoms with Gasteiger partial charge in [0.15, 0.2) is 6.61 Å². The van der Waals surface area contributed by atoms with Gasteiger partial charge in [-0.3, -0.25) is 4.79 Å². The van der Waals surface area contributed by atoms with Crippen molar-refractivity contribution in [2.75, 3.05) is 13.7 Å². The van der Waals surface area contributed by atoms with E-state index in [4.69, 9.17) is 9.47 Å². The van der Waals surface area contributed by atoms with Crippen molar-refractivity contribution in [2.45, 2.75) is 13.2 Å². The normalized spacial score (nSPS) is 10.5. The highest BCUT2D eigenvalue weighted by Gasteiger charge is 2.12. The van der Waals surface area contributed by atoms with Gasteiger partial charge in [0.25, 0.3) is 5.91 Å². The van der Waals surface area contributed by atoms with Crippen molar-refractivity contribution in [2.24, 2.45) is 0 Å². The van der Waals surface area contributed by atoms with Crippen LogP contribution in [0.1, 0.15) is 11.1 Å². The molecular weight excluding hydrogens is 402 g/mol.